The van der Waals surface area contributed by atoms with Gasteiger partial charge in [0.05, 0.1) is 12.3 Å². The van der Waals surface area contributed by atoms with Crippen LogP contribution in [0.5, 0.6) is 0 Å². The molecule has 5 nitrogen and oxygen atoms in total. The molecule has 196 valence electrons. The Morgan fingerprint density at radius 2 is 1.89 bits per heavy atom. The number of fused-ring (bicyclic) bond motifs is 3. The lowest BCUT2D eigenvalue weighted by molar-refractivity contribution is -0.335. The molecule has 38 heavy (non-hydrogen) atoms. The molecular formula is C29H27F3N4OS. The number of nitrogens with one attached hydrogen (secondary N) is 2. The third kappa shape index (κ3) is 5.74. The molecule has 0 saturated carbocycles. The minimum absolute atomic E-state index is 0.176. The molecule has 2 aliphatic carbocycles. The van der Waals surface area contributed by atoms with E-state index in [1.165, 1.54) is 11.6 Å². The average Bonchev–Trinajstić information content (AvgIpc) is 3.30. The molecule has 0 saturated heterocycles. The second-order valence-electron chi connectivity index (χ2n) is 9.38. The summed E-state index contributed by atoms with van der Waals surface area (Å²) in [6, 6.07) is 14.4. The number of hydrazone groups is 1. The molecule has 1 unspecified atom stereocenters. The Hall–Kier alpha value is -3.69. The van der Waals surface area contributed by atoms with Gasteiger partial charge in [-0.25, -0.2) is 0 Å². The van der Waals surface area contributed by atoms with Gasteiger partial charge in [0.2, 0.25) is 0 Å². The van der Waals surface area contributed by atoms with Gasteiger partial charge in [0, 0.05) is 28.8 Å². The number of aryl methyl sites for hydroxylation is 3. The number of para-hydroxylation sites is 1. The monoisotopic (exact) mass is 536 g/mol. The van der Waals surface area contributed by atoms with Gasteiger partial charge in [-0.15, -0.1) is 13.2 Å². The predicted molar refractivity (Wildman–Crippen MR) is 149 cm³/mol. The lowest BCUT2D eigenvalue weighted by atomic mass is 9.88. The molecule has 1 heterocycles. The quantitative estimate of drug-likeness (QED) is 0.212. The van der Waals surface area contributed by atoms with Crippen LogP contribution >= 0.6 is 12.2 Å². The molecule has 0 fully saturated rings. The maximum Gasteiger partial charge on any atom is 0.523 e. The van der Waals surface area contributed by atoms with Crippen LogP contribution in [-0.2, 0) is 17.6 Å². The van der Waals surface area contributed by atoms with Gasteiger partial charge < -0.3 is 9.88 Å². The number of thiocarbonyl (C=S) groups is 1. The summed E-state index contributed by atoms with van der Waals surface area (Å²) in [6.45, 7) is 4.05. The number of alkyl halides is 3. The van der Waals surface area contributed by atoms with Crippen LogP contribution in [0, 0.1) is 13.8 Å². The Bertz CT molecular complexity index is 1450. The Labute approximate surface area is 224 Å². The van der Waals surface area contributed by atoms with Crippen LogP contribution in [0.3, 0.4) is 0 Å². The number of benzene rings is 2. The molecule has 0 amide bonds. The minimum Gasteiger partial charge on any atom is -0.331 e. The van der Waals surface area contributed by atoms with E-state index >= 15 is 0 Å². The van der Waals surface area contributed by atoms with E-state index in [9.17, 15) is 13.2 Å². The maximum atomic E-state index is 12.5. The van der Waals surface area contributed by atoms with Crippen molar-refractivity contribution >= 4 is 34.9 Å². The van der Waals surface area contributed by atoms with E-state index in [0.717, 1.165) is 57.7 Å². The fourth-order valence-electron chi connectivity index (χ4n) is 4.97. The smallest absolute Gasteiger partial charge is 0.331 e. The third-order valence-electron chi connectivity index (χ3n) is 6.75. The number of allylic oxidation sites excluding steroid dienone is 2. The molecule has 0 bridgehead atoms. The molecule has 0 spiro atoms. The molecular weight excluding hydrogens is 509 g/mol. The first-order chi connectivity index (χ1) is 18.2. The SMILES string of the molecule is Cc1cccc(C)c1NC(=S)N/N=C/c1ccc2c(c1)CCc1c-2ccn1C1=CCC(OC(F)(F)F)C=C1. The van der Waals surface area contributed by atoms with E-state index in [2.05, 4.69) is 43.3 Å². The predicted octanol–water partition coefficient (Wildman–Crippen LogP) is 6.90. The highest BCUT2D eigenvalue weighted by molar-refractivity contribution is 7.80. The lowest BCUT2D eigenvalue weighted by Crippen LogP contribution is -2.24. The van der Waals surface area contributed by atoms with Gasteiger partial charge in [-0.2, -0.15) is 5.10 Å². The van der Waals surface area contributed by atoms with Crippen molar-refractivity contribution in [2.45, 2.75) is 45.6 Å². The second kappa shape index (κ2) is 10.6. The van der Waals surface area contributed by atoms with Crippen molar-refractivity contribution in [3.63, 3.8) is 0 Å². The largest absolute Gasteiger partial charge is 0.523 e. The summed E-state index contributed by atoms with van der Waals surface area (Å²) >= 11 is 5.39. The molecule has 5 rings (SSSR count). The van der Waals surface area contributed by atoms with Gasteiger partial charge in [-0.3, -0.25) is 10.2 Å². The fourth-order valence-corrected chi connectivity index (χ4v) is 5.12. The second-order valence-corrected chi connectivity index (χ2v) is 9.79. The number of hydrogen-bond acceptors (Lipinski definition) is 3. The first kappa shape index (κ1) is 25.9. The molecule has 3 aromatic rings. The normalized spacial score (nSPS) is 16.7. The average molecular weight is 537 g/mol. The van der Waals surface area contributed by atoms with Gasteiger partial charge in [0.15, 0.2) is 5.11 Å². The summed E-state index contributed by atoms with van der Waals surface area (Å²) in [5.74, 6) is 0. The van der Waals surface area contributed by atoms with Crippen molar-refractivity contribution in [1.29, 1.82) is 0 Å². The molecule has 2 aromatic carbocycles. The summed E-state index contributed by atoms with van der Waals surface area (Å²) in [7, 11) is 0. The standard InChI is InChI=1S/C29H27F3N4OS/c1-18-4-3-5-19(2)27(18)34-28(38)35-33-17-20-6-12-24-21(16-20)7-13-26-25(24)14-15-36(26)22-8-10-23(11-9-22)37-29(30,31)32/h3-6,8-10,12,14-17,23H,7,11,13H2,1-2H3,(H2,34,35,38)/b33-17+. The summed E-state index contributed by atoms with van der Waals surface area (Å²) in [5.41, 5.74) is 12.6. The molecule has 2 N–H and O–H groups in total. The molecule has 1 aromatic heterocycles. The summed E-state index contributed by atoms with van der Waals surface area (Å²) in [6.07, 6.45) is 4.90. The van der Waals surface area contributed by atoms with Crippen LogP contribution in [0.4, 0.5) is 18.9 Å². The van der Waals surface area contributed by atoms with Crippen molar-refractivity contribution in [2.24, 2.45) is 5.10 Å². The summed E-state index contributed by atoms with van der Waals surface area (Å²) in [5, 5.41) is 7.93. The minimum atomic E-state index is -4.64. The molecule has 0 aliphatic heterocycles. The van der Waals surface area contributed by atoms with Crippen LogP contribution in [0.1, 0.15) is 34.4 Å². The highest BCUT2D eigenvalue weighted by Crippen LogP contribution is 2.37. The Kier molecular flexibility index (Phi) is 7.23. The summed E-state index contributed by atoms with van der Waals surface area (Å²) in [4.78, 5) is 0. The Balaban J connectivity index is 1.25. The van der Waals surface area contributed by atoms with E-state index < -0.39 is 12.5 Å². The van der Waals surface area contributed by atoms with Crippen molar-refractivity contribution in [1.82, 2.24) is 9.99 Å². The number of aromatic nitrogens is 1. The number of rotatable bonds is 5. The van der Waals surface area contributed by atoms with E-state index in [4.69, 9.17) is 12.2 Å². The van der Waals surface area contributed by atoms with E-state index in [-0.39, 0.29) is 6.42 Å². The van der Waals surface area contributed by atoms with Crippen molar-refractivity contribution in [3.05, 3.63) is 94.8 Å². The Morgan fingerprint density at radius 1 is 1.11 bits per heavy atom. The number of halogens is 3. The van der Waals surface area contributed by atoms with Crippen LogP contribution in [0.15, 0.2) is 72.0 Å². The first-order valence-corrected chi connectivity index (χ1v) is 12.7. The number of nitrogens with zero attached hydrogens (tertiary/aromatic N) is 2. The number of hydrogen-bond donors (Lipinski definition) is 2. The van der Waals surface area contributed by atoms with Gasteiger partial charge in [-0.05, 0) is 91.4 Å². The first-order valence-electron chi connectivity index (χ1n) is 12.3. The van der Waals surface area contributed by atoms with Gasteiger partial charge in [-0.1, -0.05) is 42.5 Å². The lowest BCUT2D eigenvalue weighted by Gasteiger charge is -2.22. The van der Waals surface area contributed by atoms with Crippen LogP contribution < -0.4 is 10.7 Å². The summed E-state index contributed by atoms with van der Waals surface area (Å²) < 4.78 is 43.7. The molecule has 1 atom stereocenters. The Morgan fingerprint density at radius 3 is 2.61 bits per heavy atom. The van der Waals surface area contributed by atoms with Crippen LogP contribution in [0.25, 0.3) is 16.8 Å². The number of ether oxygens (including phenoxy) is 1. The molecule has 2 aliphatic rings. The highest BCUT2D eigenvalue weighted by Gasteiger charge is 2.33. The zero-order valence-corrected chi connectivity index (χ0v) is 21.8. The van der Waals surface area contributed by atoms with E-state index in [0.29, 0.717) is 5.11 Å². The topological polar surface area (TPSA) is 50.6 Å². The van der Waals surface area contributed by atoms with E-state index in [1.807, 2.05) is 44.3 Å². The van der Waals surface area contributed by atoms with Crippen molar-refractivity contribution in [2.75, 3.05) is 5.32 Å². The van der Waals surface area contributed by atoms with E-state index in [1.54, 1.807) is 18.4 Å². The molecule has 9 heteroatoms. The zero-order valence-electron chi connectivity index (χ0n) is 21.0. The zero-order chi connectivity index (χ0) is 26.9. The van der Waals surface area contributed by atoms with Crippen LogP contribution in [-0.4, -0.2) is 28.4 Å². The van der Waals surface area contributed by atoms with Crippen molar-refractivity contribution in [3.8, 4) is 11.1 Å². The maximum absolute atomic E-state index is 12.5. The van der Waals surface area contributed by atoms with Gasteiger partial charge in [0.25, 0.3) is 0 Å². The van der Waals surface area contributed by atoms with Gasteiger partial charge in [0.1, 0.15) is 0 Å². The number of anilines is 1. The van der Waals surface area contributed by atoms with Crippen molar-refractivity contribution < 1.29 is 17.9 Å². The highest BCUT2D eigenvalue weighted by atomic mass is 32.1. The van der Waals surface area contributed by atoms with Gasteiger partial charge >= 0.3 is 6.36 Å². The molecule has 0 radical (unpaired) electrons. The van der Waals surface area contributed by atoms with Crippen LogP contribution in [0.2, 0.25) is 0 Å². The third-order valence-corrected chi connectivity index (χ3v) is 6.94. The fraction of sp³-hybridized carbons (Fsp3) is 0.241.